The summed E-state index contributed by atoms with van der Waals surface area (Å²) in [7, 11) is 0. The number of benzene rings is 1. The van der Waals surface area contributed by atoms with E-state index in [0.717, 1.165) is 0 Å². The van der Waals surface area contributed by atoms with Gasteiger partial charge in [-0.2, -0.15) is 5.10 Å². The van der Waals surface area contributed by atoms with E-state index >= 15 is 0 Å². The molecule has 0 atom stereocenters. The second-order valence-corrected chi connectivity index (χ2v) is 7.09. The topological polar surface area (TPSA) is 85.4 Å². The lowest BCUT2D eigenvalue weighted by Gasteiger charge is -2.27. The Balaban J connectivity index is 1.81. The molecule has 1 aromatic carbocycles. The minimum Gasteiger partial charge on any atom is -0.379 e. The molecule has 8 nitrogen and oxygen atoms in total. The molecule has 10 heteroatoms. The number of aromatic nitrogens is 3. The van der Waals surface area contributed by atoms with E-state index in [4.69, 9.17) is 20.9 Å². The van der Waals surface area contributed by atoms with Crippen molar-refractivity contribution >= 4 is 17.5 Å². The molecule has 1 saturated heterocycles. The summed E-state index contributed by atoms with van der Waals surface area (Å²) in [5, 5.41) is 10.3. The summed E-state index contributed by atoms with van der Waals surface area (Å²) in [6, 6.07) is 5.95. The van der Waals surface area contributed by atoms with Crippen molar-refractivity contribution in [2.45, 2.75) is 13.8 Å². The zero-order chi connectivity index (χ0) is 20.5. The first-order chi connectivity index (χ1) is 13.9. The number of carbonyl (C=O) groups is 1. The first-order valence-electron chi connectivity index (χ1n) is 9.06. The number of amides is 1. The van der Waals surface area contributed by atoms with Crippen molar-refractivity contribution in [2.75, 3.05) is 26.3 Å². The predicted octanol–water partition coefficient (Wildman–Crippen LogP) is 2.91. The standard InChI is InChI=1S/C19H19ClFN5O3/c1-11-9-16(24-29-11)18-17(19(27)23-25-5-7-28-8-6-25)12(2)22-26(18)13-3-4-15(21)14(20)10-13/h3-4,9-10H,5-8H2,1-2H3,(H,23,27). The fourth-order valence-corrected chi connectivity index (χ4v) is 3.37. The zero-order valence-corrected chi connectivity index (χ0v) is 16.7. The highest BCUT2D eigenvalue weighted by atomic mass is 35.5. The van der Waals surface area contributed by atoms with E-state index in [1.807, 2.05) is 0 Å². The Kier molecular flexibility index (Phi) is 5.35. The summed E-state index contributed by atoms with van der Waals surface area (Å²) >= 11 is 5.96. The number of morpholine rings is 1. The maximum atomic E-state index is 13.6. The molecule has 1 aliphatic heterocycles. The number of nitrogens with zero attached hydrogens (tertiary/aromatic N) is 4. The predicted molar refractivity (Wildman–Crippen MR) is 103 cm³/mol. The van der Waals surface area contributed by atoms with Crippen LogP contribution < -0.4 is 5.43 Å². The Bertz CT molecular complexity index is 1060. The molecular weight excluding hydrogens is 401 g/mol. The molecule has 0 aliphatic carbocycles. The molecule has 29 heavy (non-hydrogen) atoms. The van der Waals surface area contributed by atoms with Gasteiger partial charge in [0.1, 0.15) is 23.0 Å². The summed E-state index contributed by atoms with van der Waals surface area (Å²) in [4.78, 5) is 13.1. The van der Waals surface area contributed by atoms with Gasteiger partial charge in [0.25, 0.3) is 5.91 Å². The van der Waals surface area contributed by atoms with Crippen LogP contribution in [0.25, 0.3) is 17.1 Å². The van der Waals surface area contributed by atoms with Crippen LogP contribution in [0.1, 0.15) is 21.8 Å². The van der Waals surface area contributed by atoms with E-state index in [1.165, 1.54) is 22.9 Å². The number of hydrogen-bond acceptors (Lipinski definition) is 6. The van der Waals surface area contributed by atoms with Gasteiger partial charge >= 0.3 is 0 Å². The normalized spacial score (nSPS) is 14.9. The number of hydrogen-bond donors (Lipinski definition) is 1. The van der Waals surface area contributed by atoms with Gasteiger partial charge in [0.2, 0.25) is 0 Å². The van der Waals surface area contributed by atoms with Crippen LogP contribution in [-0.4, -0.2) is 52.2 Å². The molecule has 3 aromatic rings. The molecule has 0 unspecified atom stereocenters. The molecule has 0 spiro atoms. The molecule has 0 saturated carbocycles. The highest BCUT2D eigenvalue weighted by molar-refractivity contribution is 6.30. The summed E-state index contributed by atoms with van der Waals surface area (Å²) in [6.07, 6.45) is 0. The number of rotatable bonds is 4. The Labute approximate surface area is 171 Å². The number of ether oxygens (including phenoxy) is 1. The molecule has 4 rings (SSSR count). The van der Waals surface area contributed by atoms with Crippen molar-refractivity contribution in [3.63, 3.8) is 0 Å². The lowest BCUT2D eigenvalue weighted by Crippen LogP contribution is -2.48. The lowest BCUT2D eigenvalue weighted by atomic mass is 10.1. The quantitative estimate of drug-likeness (QED) is 0.699. The monoisotopic (exact) mass is 419 g/mol. The van der Waals surface area contributed by atoms with E-state index in [1.54, 1.807) is 24.9 Å². The first kappa shape index (κ1) is 19.6. The van der Waals surface area contributed by atoms with Crippen LogP contribution >= 0.6 is 11.6 Å². The van der Waals surface area contributed by atoms with E-state index in [2.05, 4.69) is 15.7 Å². The van der Waals surface area contributed by atoms with Crippen LogP contribution in [0.4, 0.5) is 4.39 Å². The van der Waals surface area contributed by atoms with E-state index < -0.39 is 5.82 Å². The van der Waals surface area contributed by atoms with Gasteiger partial charge in [-0.05, 0) is 32.0 Å². The minimum atomic E-state index is -0.539. The smallest absolute Gasteiger partial charge is 0.269 e. The van der Waals surface area contributed by atoms with E-state index in [0.29, 0.717) is 60.4 Å². The number of hydrazine groups is 1. The van der Waals surface area contributed by atoms with E-state index in [9.17, 15) is 9.18 Å². The molecule has 0 bridgehead atoms. The number of nitrogens with one attached hydrogen (secondary N) is 1. The molecule has 1 N–H and O–H groups in total. The molecule has 3 heterocycles. The Morgan fingerprint density at radius 2 is 2.00 bits per heavy atom. The minimum absolute atomic E-state index is 0.0442. The van der Waals surface area contributed by atoms with E-state index in [-0.39, 0.29) is 10.9 Å². The van der Waals surface area contributed by atoms with Crippen molar-refractivity contribution < 1.29 is 18.4 Å². The molecule has 1 fully saturated rings. The van der Waals surface area contributed by atoms with Crippen molar-refractivity contribution in [1.29, 1.82) is 0 Å². The summed E-state index contributed by atoms with van der Waals surface area (Å²) in [5.41, 5.74) is 5.12. The molecule has 0 radical (unpaired) electrons. The van der Waals surface area contributed by atoms with Crippen molar-refractivity contribution in [1.82, 2.24) is 25.4 Å². The Morgan fingerprint density at radius 3 is 2.66 bits per heavy atom. The SMILES string of the molecule is Cc1cc(-c2c(C(=O)NN3CCOCC3)c(C)nn2-c2ccc(F)c(Cl)c2)no1. The van der Waals surface area contributed by atoms with Crippen molar-refractivity contribution in [2.24, 2.45) is 0 Å². The van der Waals surface area contributed by atoms with Crippen LogP contribution in [0.15, 0.2) is 28.8 Å². The molecule has 1 aliphatic rings. The van der Waals surface area contributed by atoms with Gasteiger partial charge in [-0.3, -0.25) is 10.2 Å². The second-order valence-electron chi connectivity index (χ2n) is 6.68. The molecule has 2 aromatic heterocycles. The molecular formula is C19H19ClFN5O3. The van der Waals surface area contributed by atoms with Gasteiger partial charge in [-0.15, -0.1) is 0 Å². The van der Waals surface area contributed by atoms with Crippen LogP contribution in [0.3, 0.4) is 0 Å². The maximum absolute atomic E-state index is 13.6. The molecule has 152 valence electrons. The van der Waals surface area contributed by atoms with Gasteiger partial charge in [0, 0.05) is 19.2 Å². The van der Waals surface area contributed by atoms with Gasteiger partial charge in [0.15, 0.2) is 0 Å². The summed E-state index contributed by atoms with van der Waals surface area (Å²) in [6.45, 7) is 5.75. The largest absolute Gasteiger partial charge is 0.379 e. The van der Waals surface area contributed by atoms with Gasteiger partial charge in [-0.25, -0.2) is 14.1 Å². The summed E-state index contributed by atoms with van der Waals surface area (Å²) < 4.78 is 25.7. The van der Waals surface area contributed by atoms with Gasteiger partial charge in [0.05, 0.1) is 35.2 Å². The third kappa shape index (κ3) is 3.89. The lowest BCUT2D eigenvalue weighted by molar-refractivity contribution is 0.0126. The average molecular weight is 420 g/mol. The average Bonchev–Trinajstić information content (AvgIpc) is 3.27. The second kappa shape index (κ2) is 7.94. The highest BCUT2D eigenvalue weighted by Gasteiger charge is 2.27. The Morgan fingerprint density at radius 1 is 1.24 bits per heavy atom. The maximum Gasteiger partial charge on any atom is 0.269 e. The van der Waals surface area contributed by atoms with Gasteiger partial charge in [-0.1, -0.05) is 16.8 Å². The van der Waals surface area contributed by atoms with Crippen molar-refractivity contribution in [3.05, 3.63) is 52.1 Å². The Hall–Kier alpha value is -2.75. The fourth-order valence-electron chi connectivity index (χ4n) is 3.19. The zero-order valence-electron chi connectivity index (χ0n) is 15.9. The third-order valence-corrected chi connectivity index (χ3v) is 4.87. The third-order valence-electron chi connectivity index (χ3n) is 4.58. The number of aryl methyl sites for hydroxylation is 2. The summed E-state index contributed by atoms with van der Waals surface area (Å²) in [5.74, 6) is -0.273. The van der Waals surface area contributed by atoms with Crippen LogP contribution in [-0.2, 0) is 4.74 Å². The highest BCUT2D eigenvalue weighted by Crippen LogP contribution is 2.30. The van der Waals surface area contributed by atoms with Crippen LogP contribution in [0.5, 0.6) is 0 Å². The number of halogens is 2. The fraction of sp³-hybridized carbons (Fsp3) is 0.316. The van der Waals surface area contributed by atoms with Crippen LogP contribution in [0, 0.1) is 19.7 Å². The van der Waals surface area contributed by atoms with Crippen molar-refractivity contribution in [3.8, 4) is 17.1 Å². The first-order valence-corrected chi connectivity index (χ1v) is 9.44. The number of carbonyl (C=O) groups excluding carboxylic acids is 1. The molecule has 1 amide bonds. The van der Waals surface area contributed by atoms with Crippen LogP contribution in [0.2, 0.25) is 5.02 Å². The van der Waals surface area contributed by atoms with Gasteiger partial charge < -0.3 is 9.26 Å².